The van der Waals surface area contributed by atoms with Gasteiger partial charge in [0.2, 0.25) is 0 Å². The predicted molar refractivity (Wildman–Crippen MR) is 85.0 cm³/mol. The third-order valence-electron chi connectivity index (χ3n) is 3.39. The lowest BCUT2D eigenvalue weighted by Gasteiger charge is -2.23. The molecule has 0 unspecified atom stereocenters. The van der Waals surface area contributed by atoms with E-state index in [1.54, 1.807) is 17.4 Å². The Hall–Kier alpha value is -1.39. The maximum absolute atomic E-state index is 13.8. The molecule has 0 radical (unpaired) electrons. The SMILES string of the molecule is CCN(CCNCc1sccc1C)c1ccccc1F. The largest absolute Gasteiger partial charge is 0.368 e. The molecule has 2 nitrogen and oxygen atoms in total. The molecule has 108 valence electrons. The summed E-state index contributed by atoms with van der Waals surface area (Å²) in [6.45, 7) is 7.53. The van der Waals surface area contributed by atoms with Crippen LogP contribution in [0.3, 0.4) is 0 Å². The Morgan fingerprint density at radius 3 is 2.70 bits per heavy atom. The van der Waals surface area contributed by atoms with Crippen molar-refractivity contribution in [2.45, 2.75) is 20.4 Å². The summed E-state index contributed by atoms with van der Waals surface area (Å²) < 4.78 is 13.8. The minimum atomic E-state index is -0.150. The van der Waals surface area contributed by atoms with E-state index < -0.39 is 0 Å². The fourth-order valence-electron chi connectivity index (χ4n) is 2.16. The second-order valence-corrected chi connectivity index (χ2v) is 5.74. The zero-order chi connectivity index (χ0) is 14.4. The quantitative estimate of drug-likeness (QED) is 0.781. The number of likely N-dealkylation sites (N-methyl/N-ethyl adjacent to an activating group) is 1. The molecule has 2 rings (SSSR count). The number of aryl methyl sites for hydroxylation is 1. The Bertz CT molecular complexity index is 539. The van der Waals surface area contributed by atoms with Gasteiger partial charge in [0.05, 0.1) is 5.69 Å². The van der Waals surface area contributed by atoms with Crippen LogP contribution in [0.4, 0.5) is 10.1 Å². The molecule has 1 aromatic heterocycles. The summed E-state index contributed by atoms with van der Waals surface area (Å²) in [7, 11) is 0. The van der Waals surface area contributed by atoms with Gasteiger partial charge in [0.15, 0.2) is 0 Å². The van der Waals surface area contributed by atoms with Crippen molar-refractivity contribution in [2.24, 2.45) is 0 Å². The van der Waals surface area contributed by atoms with Crippen LogP contribution in [-0.4, -0.2) is 19.6 Å². The van der Waals surface area contributed by atoms with Crippen molar-refractivity contribution >= 4 is 17.0 Å². The van der Waals surface area contributed by atoms with Crippen molar-refractivity contribution < 1.29 is 4.39 Å². The topological polar surface area (TPSA) is 15.3 Å². The molecule has 1 N–H and O–H groups in total. The second-order valence-electron chi connectivity index (χ2n) is 4.73. The van der Waals surface area contributed by atoms with E-state index in [9.17, 15) is 4.39 Å². The van der Waals surface area contributed by atoms with E-state index in [1.807, 2.05) is 12.1 Å². The first-order valence-electron chi connectivity index (χ1n) is 6.95. The van der Waals surface area contributed by atoms with Gasteiger partial charge < -0.3 is 10.2 Å². The van der Waals surface area contributed by atoms with E-state index in [2.05, 4.69) is 35.5 Å². The van der Waals surface area contributed by atoms with Crippen LogP contribution in [0.15, 0.2) is 35.7 Å². The molecular weight excluding hydrogens is 271 g/mol. The molecule has 0 saturated carbocycles. The molecule has 0 aliphatic heterocycles. The number of para-hydroxylation sites is 1. The Balaban J connectivity index is 1.83. The fourth-order valence-corrected chi connectivity index (χ4v) is 3.03. The molecule has 0 atom stereocenters. The molecule has 0 saturated heterocycles. The maximum atomic E-state index is 13.8. The zero-order valence-corrected chi connectivity index (χ0v) is 12.8. The molecule has 2 aromatic rings. The molecule has 0 spiro atoms. The van der Waals surface area contributed by atoms with Crippen molar-refractivity contribution in [3.8, 4) is 0 Å². The molecule has 0 amide bonds. The highest BCUT2D eigenvalue weighted by molar-refractivity contribution is 7.10. The number of nitrogens with one attached hydrogen (secondary N) is 1. The number of anilines is 1. The summed E-state index contributed by atoms with van der Waals surface area (Å²) in [6, 6.07) is 9.09. The van der Waals surface area contributed by atoms with Gasteiger partial charge in [-0.2, -0.15) is 0 Å². The first-order chi connectivity index (χ1) is 9.72. The van der Waals surface area contributed by atoms with Gasteiger partial charge in [-0.15, -0.1) is 11.3 Å². The van der Waals surface area contributed by atoms with Gasteiger partial charge in [-0.05, 0) is 43.0 Å². The Kier molecular flexibility index (Phi) is 5.56. The molecule has 1 heterocycles. The number of halogens is 1. The van der Waals surface area contributed by atoms with Crippen LogP contribution in [0.5, 0.6) is 0 Å². The van der Waals surface area contributed by atoms with Crippen molar-refractivity contribution in [3.63, 3.8) is 0 Å². The molecule has 20 heavy (non-hydrogen) atoms. The smallest absolute Gasteiger partial charge is 0.146 e. The monoisotopic (exact) mass is 292 g/mol. The summed E-state index contributed by atoms with van der Waals surface area (Å²) in [5.41, 5.74) is 2.02. The Labute approximate surface area is 124 Å². The van der Waals surface area contributed by atoms with Crippen LogP contribution < -0.4 is 10.2 Å². The van der Waals surface area contributed by atoms with E-state index in [0.717, 1.165) is 26.2 Å². The minimum Gasteiger partial charge on any atom is -0.368 e. The number of rotatable bonds is 7. The zero-order valence-electron chi connectivity index (χ0n) is 12.0. The van der Waals surface area contributed by atoms with E-state index in [-0.39, 0.29) is 5.82 Å². The number of benzene rings is 1. The number of nitrogens with zero attached hydrogens (tertiary/aromatic N) is 1. The Morgan fingerprint density at radius 2 is 2.05 bits per heavy atom. The summed E-state index contributed by atoms with van der Waals surface area (Å²) in [6.07, 6.45) is 0. The normalized spacial score (nSPS) is 10.8. The molecule has 0 aliphatic rings. The highest BCUT2D eigenvalue weighted by atomic mass is 32.1. The summed E-state index contributed by atoms with van der Waals surface area (Å²) in [5, 5.41) is 5.54. The van der Waals surface area contributed by atoms with E-state index in [4.69, 9.17) is 0 Å². The van der Waals surface area contributed by atoms with Gasteiger partial charge in [0, 0.05) is 31.1 Å². The Morgan fingerprint density at radius 1 is 1.25 bits per heavy atom. The average Bonchev–Trinajstić information content (AvgIpc) is 2.86. The van der Waals surface area contributed by atoms with Gasteiger partial charge in [0.25, 0.3) is 0 Å². The van der Waals surface area contributed by atoms with Gasteiger partial charge in [-0.3, -0.25) is 0 Å². The van der Waals surface area contributed by atoms with Crippen LogP contribution in [0.25, 0.3) is 0 Å². The van der Waals surface area contributed by atoms with Crippen LogP contribution in [0, 0.1) is 12.7 Å². The first kappa shape index (κ1) is 15.0. The molecule has 0 fully saturated rings. The van der Waals surface area contributed by atoms with Crippen LogP contribution in [-0.2, 0) is 6.54 Å². The van der Waals surface area contributed by atoms with E-state index in [1.165, 1.54) is 16.5 Å². The summed E-state index contributed by atoms with van der Waals surface area (Å²) in [4.78, 5) is 3.43. The van der Waals surface area contributed by atoms with Crippen molar-refractivity contribution in [1.29, 1.82) is 0 Å². The van der Waals surface area contributed by atoms with Gasteiger partial charge in [-0.1, -0.05) is 12.1 Å². The van der Waals surface area contributed by atoms with Crippen molar-refractivity contribution in [1.82, 2.24) is 5.32 Å². The molecule has 4 heteroatoms. The highest BCUT2D eigenvalue weighted by Crippen LogP contribution is 2.18. The number of hydrogen-bond donors (Lipinski definition) is 1. The van der Waals surface area contributed by atoms with Crippen LogP contribution in [0.2, 0.25) is 0 Å². The minimum absolute atomic E-state index is 0.150. The third kappa shape index (κ3) is 3.81. The molecular formula is C16H21FN2S. The highest BCUT2D eigenvalue weighted by Gasteiger charge is 2.08. The third-order valence-corrected chi connectivity index (χ3v) is 4.41. The average molecular weight is 292 g/mol. The van der Waals surface area contributed by atoms with Crippen molar-refractivity contribution in [3.05, 3.63) is 52.0 Å². The second kappa shape index (κ2) is 7.41. The standard InChI is InChI=1S/C16H21FN2S/c1-3-19(15-7-5-4-6-14(15)17)10-9-18-12-16-13(2)8-11-20-16/h4-8,11,18H,3,9-10,12H2,1-2H3. The van der Waals surface area contributed by atoms with Crippen LogP contribution in [0.1, 0.15) is 17.4 Å². The lowest BCUT2D eigenvalue weighted by Crippen LogP contribution is -2.32. The number of thiophene rings is 1. The molecule has 0 bridgehead atoms. The van der Waals surface area contributed by atoms with Gasteiger partial charge >= 0.3 is 0 Å². The molecule has 0 aliphatic carbocycles. The lowest BCUT2D eigenvalue weighted by molar-refractivity contribution is 0.610. The predicted octanol–water partition coefficient (Wildman–Crippen LogP) is 3.81. The van der Waals surface area contributed by atoms with Gasteiger partial charge in [-0.25, -0.2) is 4.39 Å². The van der Waals surface area contributed by atoms with Crippen LogP contribution >= 0.6 is 11.3 Å². The molecule has 1 aromatic carbocycles. The number of hydrogen-bond acceptors (Lipinski definition) is 3. The first-order valence-corrected chi connectivity index (χ1v) is 7.83. The summed E-state index contributed by atoms with van der Waals surface area (Å²) in [5.74, 6) is -0.150. The van der Waals surface area contributed by atoms with Crippen molar-refractivity contribution in [2.75, 3.05) is 24.5 Å². The fraction of sp³-hybridized carbons (Fsp3) is 0.375. The van der Waals surface area contributed by atoms with Gasteiger partial charge in [0.1, 0.15) is 5.82 Å². The summed E-state index contributed by atoms with van der Waals surface area (Å²) >= 11 is 1.78. The lowest BCUT2D eigenvalue weighted by atomic mass is 10.2. The maximum Gasteiger partial charge on any atom is 0.146 e. The van der Waals surface area contributed by atoms with E-state index in [0.29, 0.717) is 5.69 Å². The van der Waals surface area contributed by atoms with E-state index >= 15 is 0 Å².